The van der Waals surface area contributed by atoms with Crippen LogP contribution in [0.25, 0.3) is 0 Å². The monoisotopic (exact) mass is 477 g/mol. The quantitative estimate of drug-likeness (QED) is 0.382. The lowest BCUT2D eigenvalue weighted by molar-refractivity contribution is 0.220. The highest BCUT2D eigenvalue weighted by Crippen LogP contribution is 2.49. The minimum atomic E-state index is -3.37. The van der Waals surface area contributed by atoms with E-state index >= 15 is 0 Å². The molecule has 0 unspecified atom stereocenters. The number of nitrogens with zero attached hydrogens (tertiary/aromatic N) is 1. The molecule has 2 rings (SSSR count). The summed E-state index contributed by atoms with van der Waals surface area (Å²) in [5.74, 6) is 0.482. The third kappa shape index (κ3) is 7.23. The van der Waals surface area contributed by atoms with Crippen LogP contribution in [0.3, 0.4) is 0 Å². The van der Waals surface area contributed by atoms with Gasteiger partial charge in [-0.3, -0.25) is 4.57 Å². The van der Waals surface area contributed by atoms with Gasteiger partial charge in [-0.05, 0) is 77.8 Å². The summed E-state index contributed by atoms with van der Waals surface area (Å²) in [6.07, 6.45) is 0.0655. The van der Waals surface area contributed by atoms with E-state index in [0.717, 1.165) is 22.4 Å². The molecule has 33 heavy (non-hydrogen) atoms. The predicted molar refractivity (Wildman–Crippen MR) is 136 cm³/mol. The molecule has 0 aliphatic heterocycles. The van der Waals surface area contributed by atoms with Gasteiger partial charge >= 0.3 is 7.60 Å². The first-order valence-electron chi connectivity index (χ1n) is 11.5. The fourth-order valence-electron chi connectivity index (χ4n) is 3.76. The molecule has 6 nitrogen and oxygen atoms in total. The number of phenols is 2. The molecule has 0 saturated heterocycles. The molecule has 2 N–H and O–H groups in total. The fraction of sp³-hybridized carbons (Fsp3) is 0.538. The van der Waals surface area contributed by atoms with Crippen molar-refractivity contribution < 1.29 is 23.8 Å². The van der Waals surface area contributed by atoms with Crippen LogP contribution in [0.5, 0.6) is 11.5 Å². The van der Waals surface area contributed by atoms with Gasteiger partial charge in [0.05, 0.1) is 13.2 Å². The standard InChI is InChI=1S/C26H40NO5P/c1-9-31-33(30,32-10-2)18-27(20-11-13-21(28)14-12-20)17-19-15-22(25(3,4)5)24(29)23(16-19)26(6,7)8/h11-16,28-29H,9-10,17-18H2,1-8H3. The van der Waals surface area contributed by atoms with Crippen molar-refractivity contribution in [3.63, 3.8) is 0 Å². The second-order valence-electron chi connectivity index (χ2n) is 10.3. The number of hydrogen-bond donors (Lipinski definition) is 2. The molecule has 7 heteroatoms. The highest BCUT2D eigenvalue weighted by molar-refractivity contribution is 7.53. The van der Waals surface area contributed by atoms with E-state index in [-0.39, 0.29) is 36.1 Å². The van der Waals surface area contributed by atoms with Crippen molar-refractivity contribution in [2.24, 2.45) is 0 Å². The number of aromatic hydroxyl groups is 2. The molecule has 0 saturated carbocycles. The first-order valence-corrected chi connectivity index (χ1v) is 13.2. The van der Waals surface area contributed by atoms with Crippen LogP contribution in [-0.4, -0.2) is 29.7 Å². The van der Waals surface area contributed by atoms with Crippen molar-refractivity contribution in [2.75, 3.05) is 24.4 Å². The zero-order chi connectivity index (χ0) is 25.0. The maximum Gasteiger partial charge on any atom is 0.349 e. The summed E-state index contributed by atoms with van der Waals surface area (Å²) in [6.45, 7) is 17.0. The Hall–Kier alpha value is -2.01. The number of phenolic OH excluding ortho intramolecular Hbond substituents is 2. The summed E-state index contributed by atoms with van der Waals surface area (Å²) in [5.41, 5.74) is 3.00. The topological polar surface area (TPSA) is 79.2 Å². The molecular weight excluding hydrogens is 437 g/mol. The van der Waals surface area contributed by atoms with Crippen LogP contribution in [0.4, 0.5) is 5.69 Å². The van der Waals surface area contributed by atoms with Crippen molar-refractivity contribution in [3.8, 4) is 11.5 Å². The average molecular weight is 478 g/mol. The largest absolute Gasteiger partial charge is 0.508 e. The second-order valence-corrected chi connectivity index (χ2v) is 12.4. The summed E-state index contributed by atoms with van der Waals surface area (Å²) in [7, 11) is -3.37. The van der Waals surface area contributed by atoms with Crippen molar-refractivity contribution in [1.29, 1.82) is 0 Å². The zero-order valence-electron chi connectivity index (χ0n) is 21.3. The molecule has 184 valence electrons. The van der Waals surface area contributed by atoms with Crippen molar-refractivity contribution in [2.45, 2.75) is 72.8 Å². The van der Waals surface area contributed by atoms with E-state index in [4.69, 9.17) is 9.05 Å². The maximum absolute atomic E-state index is 13.4. The van der Waals surface area contributed by atoms with E-state index in [0.29, 0.717) is 12.3 Å². The smallest absolute Gasteiger partial charge is 0.349 e. The number of anilines is 1. The summed E-state index contributed by atoms with van der Waals surface area (Å²) in [4.78, 5) is 1.94. The van der Waals surface area contributed by atoms with E-state index in [1.807, 2.05) is 17.0 Å². The predicted octanol–water partition coefficient (Wildman–Crippen LogP) is 6.92. The molecule has 2 aromatic rings. The van der Waals surface area contributed by atoms with Crippen LogP contribution < -0.4 is 4.90 Å². The summed E-state index contributed by atoms with van der Waals surface area (Å²) < 4.78 is 24.5. The molecule has 0 radical (unpaired) electrons. The molecular formula is C26H40NO5P. The van der Waals surface area contributed by atoms with Crippen molar-refractivity contribution in [3.05, 3.63) is 53.1 Å². The Bertz CT molecular complexity index is 929. The summed E-state index contributed by atoms with van der Waals surface area (Å²) >= 11 is 0. The van der Waals surface area contributed by atoms with Gasteiger partial charge in [0.25, 0.3) is 0 Å². The van der Waals surface area contributed by atoms with Gasteiger partial charge in [-0.25, -0.2) is 0 Å². The van der Waals surface area contributed by atoms with Gasteiger partial charge in [-0.15, -0.1) is 0 Å². The summed E-state index contributed by atoms with van der Waals surface area (Å²) in [5, 5.41) is 20.8. The van der Waals surface area contributed by atoms with Crippen LogP contribution >= 0.6 is 7.60 Å². The number of rotatable bonds is 9. The third-order valence-electron chi connectivity index (χ3n) is 5.37. The molecule has 0 heterocycles. The van der Waals surface area contributed by atoms with Gasteiger partial charge < -0.3 is 24.2 Å². The lowest BCUT2D eigenvalue weighted by Crippen LogP contribution is -2.26. The van der Waals surface area contributed by atoms with Crippen LogP contribution in [0.2, 0.25) is 0 Å². The first-order chi connectivity index (χ1) is 15.2. The van der Waals surface area contributed by atoms with Crippen molar-refractivity contribution >= 4 is 13.3 Å². The van der Waals surface area contributed by atoms with Crippen LogP contribution in [0.1, 0.15) is 72.1 Å². The molecule has 0 aliphatic carbocycles. The van der Waals surface area contributed by atoms with Gasteiger partial charge in [-0.2, -0.15) is 0 Å². The molecule has 0 bridgehead atoms. The highest BCUT2D eigenvalue weighted by atomic mass is 31.2. The van der Waals surface area contributed by atoms with E-state index in [1.165, 1.54) is 0 Å². The van der Waals surface area contributed by atoms with Crippen LogP contribution in [0.15, 0.2) is 36.4 Å². The van der Waals surface area contributed by atoms with Gasteiger partial charge in [0, 0.05) is 12.2 Å². The maximum atomic E-state index is 13.4. The highest BCUT2D eigenvalue weighted by Gasteiger charge is 2.30. The Morgan fingerprint density at radius 1 is 0.848 bits per heavy atom. The molecule has 0 spiro atoms. The average Bonchev–Trinajstić information content (AvgIpc) is 2.67. The lowest BCUT2D eigenvalue weighted by atomic mass is 9.78. The molecule has 0 aromatic heterocycles. The Morgan fingerprint density at radius 2 is 1.30 bits per heavy atom. The Labute approximate surface area is 199 Å². The van der Waals surface area contributed by atoms with Gasteiger partial charge in [-0.1, -0.05) is 41.5 Å². The van der Waals surface area contributed by atoms with E-state index in [9.17, 15) is 14.8 Å². The molecule has 2 aromatic carbocycles. The Balaban J connectivity index is 2.59. The molecule has 0 fully saturated rings. The fourth-order valence-corrected chi connectivity index (χ4v) is 5.46. The van der Waals surface area contributed by atoms with Gasteiger partial charge in [0.15, 0.2) is 0 Å². The SMILES string of the molecule is CCOP(=O)(CN(Cc1cc(C(C)(C)C)c(O)c(C(C)(C)C)c1)c1ccc(O)cc1)OCC. The summed E-state index contributed by atoms with van der Waals surface area (Å²) in [6, 6.07) is 10.8. The second kappa shape index (κ2) is 10.5. The van der Waals surface area contributed by atoms with E-state index in [2.05, 4.69) is 41.5 Å². The Morgan fingerprint density at radius 3 is 1.70 bits per heavy atom. The van der Waals surface area contributed by atoms with Crippen LogP contribution in [-0.2, 0) is 31.0 Å². The first kappa shape index (κ1) is 27.2. The number of hydrogen-bond acceptors (Lipinski definition) is 6. The van der Waals surface area contributed by atoms with Crippen molar-refractivity contribution in [1.82, 2.24) is 0 Å². The minimum Gasteiger partial charge on any atom is -0.508 e. The number of benzene rings is 2. The molecule has 0 atom stereocenters. The minimum absolute atomic E-state index is 0.0655. The van der Waals surface area contributed by atoms with E-state index in [1.54, 1.807) is 38.1 Å². The van der Waals surface area contributed by atoms with Gasteiger partial charge in [0.2, 0.25) is 0 Å². The lowest BCUT2D eigenvalue weighted by Gasteiger charge is -2.31. The third-order valence-corrected chi connectivity index (χ3v) is 7.36. The van der Waals surface area contributed by atoms with E-state index < -0.39 is 7.60 Å². The zero-order valence-corrected chi connectivity index (χ0v) is 22.2. The molecule has 0 amide bonds. The normalized spacial score (nSPS) is 12.7. The Kier molecular flexibility index (Phi) is 8.67. The van der Waals surface area contributed by atoms with Gasteiger partial charge in [0.1, 0.15) is 17.8 Å². The van der Waals surface area contributed by atoms with Crippen LogP contribution in [0, 0.1) is 0 Å². The molecule has 0 aliphatic rings.